The van der Waals surface area contributed by atoms with Crippen molar-refractivity contribution in [1.29, 1.82) is 0 Å². The smallest absolute Gasteiger partial charge is 0.277 e. The zero-order valence-corrected chi connectivity index (χ0v) is 16.2. The molecule has 4 bridgehead atoms. The van der Waals surface area contributed by atoms with Gasteiger partial charge in [-0.25, -0.2) is 0 Å². The number of ketones is 1. The average molecular weight is 399 g/mol. The van der Waals surface area contributed by atoms with Gasteiger partial charge < -0.3 is 4.42 Å². The van der Waals surface area contributed by atoms with Crippen LogP contribution in [0, 0.1) is 27.9 Å². The maximum absolute atomic E-state index is 12.4. The van der Waals surface area contributed by atoms with Crippen LogP contribution in [0.15, 0.2) is 33.9 Å². The second-order valence-corrected chi connectivity index (χ2v) is 9.52. The van der Waals surface area contributed by atoms with Crippen molar-refractivity contribution < 1.29 is 14.1 Å². The molecule has 146 valence electrons. The highest BCUT2D eigenvalue weighted by atomic mass is 32.2. The van der Waals surface area contributed by atoms with Crippen LogP contribution in [0.4, 0.5) is 5.69 Å². The standard InChI is InChI=1S/C20H21N3O4S/c24-17(15-2-1-3-16(7-15)23(25)26)11-28-19-22-21-18(27-19)20-8-12-4-13(9-20)6-14(5-12)10-20/h1-3,7,12-14H,4-6,8-11H2. The molecule has 7 nitrogen and oxygen atoms in total. The van der Waals surface area contributed by atoms with E-state index in [0.29, 0.717) is 10.8 Å². The van der Waals surface area contributed by atoms with Gasteiger partial charge in [-0.05, 0) is 56.3 Å². The van der Waals surface area contributed by atoms with E-state index in [0.717, 1.165) is 42.9 Å². The van der Waals surface area contributed by atoms with Crippen LogP contribution in [-0.2, 0) is 5.41 Å². The van der Waals surface area contributed by atoms with E-state index >= 15 is 0 Å². The van der Waals surface area contributed by atoms with Gasteiger partial charge >= 0.3 is 0 Å². The number of thioether (sulfide) groups is 1. The first-order valence-corrected chi connectivity index (χ1v) is 10.7. The Morgan fingerprint density at radius 1 is 1.18 bits per heavy atom. The number of benzene rings is 1. The Hall–Kier alpha value is -2.22. The van der Waals surface area contributed by atoms with Crippen LogP contribution in [0.5, 0.6) is 0 Å². The fourth-order valence-electron chi connectivity index (χ4n) is 5.86. The summed E-state index contributed by atoms with van der Waals surface area (Å²) < 4.78 is 6.00. The molecule has 1 aromatic heterocycles. The highest BCUT2D eigenvalue weighted by Gasteiger charge is 2.54. The van der Waals surface area contributed by atoms with E-state index in [1.54, 1.807) is 6.07 Å². The van der Waals surface area contributed by atoms with Crippen LogP contribution in [0.25, 0.3) is 0 Å². The molecule has 0 unspecified atom stereocenters. The summed E-state index contributed by atoms with van der Waals surface area (Å²) in [5, 5.41) is 19.8. The summed E-state index contributed by atoms with van der Waals surface area (Å²) in [7, 11) is 0. The number of nitro benzene ring substituents is 1. The summed E-state index contributed by atoms with van der Waals surface area (Å²) in [5.41, 5.74) is 0.283. The summed E-state index contributed by atoms with van der Waals surface area (Å²) >= 11 is 1.20. The summed E-state index contributed by atoms with van der Waals surface area (Å²) in [6.07, 6.45) is 7.51. The first-order chi connectivity index (χ1) is 13.5. The number of nitro groups is 1. The summed E-state index contributed by atoms with van der Waals surface area (Å²) in [4.78, 5) is 22.8. The topological polar surface area (TPSA) is 99.1 Å². The number of non-ortho nitro benzene ring substituents is 1. The number of hydrogen-bond acceptors (Lipinski definition) is 7. The Balaban J connectivity index is 1.27. The van der Waals surface area contributed by atoms with Crippen LogP contribution in [0.1, 0.15) is 54.8 Å². The molecule has 4 fully saturated rings. The monoisotopic (exact) mass is 399 g/mol. The first kappa shape index (κ1) is 17.8. The molecule has 2 aromatic rings. The lowest BCUT2D eigenvalue weighted by atomic mass is 9.49. The lowest BCUT2D eigenvalue weighted by molar-refractivity contribution is -0.384. The number of nitrogens with zero attached hydrogens (tertiary/aromatic N) is 3. The Labute approximate surface area is 166 Å². The Morgan fingerprint density at radius 3 is 2.50 bits per heavy atom. The van der Waals surface area contributed by atoms with E-state index in [-0.39, 0.29) is 22.6 Å². The van der Waals surface area contributed by atoms with Gasteiger partial charge in [-0.2, -0.15) is 0 Å². The molecule has 0 spiro atoms. The number of carbonyl (C=O) groups is 1. The van der Waals surface area contributed by atoms with Crippen molar-refractivity contribution in [1.82, 2.24) is 10.2 Å². The van der Waals surface area contributed by atoms with E-state index in [2.05, 4.69) is 10.2 Å². The van der Waals surface area contributed by atoms with Crippen LogP contribution in [0.2, 0.25) is 0 Å². The largest absolute Gasteiger partial charge is 0.415 e. The summed E-state index contributed by atoms with van der Waals surface area (Å²) in [6.45, 7) is 0. The van der Waals surface area contributed by atoms with Crippen LogP contribution >= 0.6 is 11.8 Å². The first-order valence-electron chi connectivity index (χ1n) is 9.75. The maximum atomic E-state index is 12.4. The van der Waals surface area contributed by atoms with Gasteiger partial charge in [-0.15, -0.1) is 10.2 Å². The molecule has 28 heavy (non-hydrogen) atoms. The number of Topliss-reactive ketones (excluding diaryl/α,β-unsaturated/α-hetero) is 1. The normalized spacial score (nSPS) is 30.5. The molecule has 0 amide bonds. The minimum Gasteiger partial charge on any atom is -0.415 e. The molecular formula is C20H21N3O4S. The van der Waals surface area contributed by atoms with E-state index < -0.39 is 4.92 Å². The molecule has 8 heteroatoms. The molecule has 6 rings (SSSR count). The highest BCUT2D eigenvalue weighted by molar-refractivity contribution is 7.99. The predicted octanol–water partition coefficient (Wildman–Crippen LogP) is 4.42. The van der Waals surface area contributed by atoms with Crippen molar-refractivity contribution in [2.24, 2.45) is 17.8 Å². The molecule has 0 atom stereocenters. The Bertz CT molecular complexity index is 906. The molecule has 4 aliphatic carbocycles. The van der Waals surface area contributed by atoms with Gasteiger partial charge in [-0.3, -0.25) is 14.9 Å². The van der Waals surface area contributed by atoms with Gasteiger partial charge in [0.25, 0.3) is 10.9 Å². The number of carbonyl (C=O) groups excluding carboxylic acids is 1. The second-order valence-electron chi connectivity index (χ2n) is 8.59. The lowest BCUT2D eigenvalue weighted by Gasteiger charge is -2.55. The van der Waals surface area contributed by atoms with Crippen molar-refractivity contribution >= 4 is 23.2 Å². The van der Waals surface area contributed by atoms with Crippen LogP contribution in [-0.4, -0.2) is 26.7 Å². The molecule has 0 saturated heterocycles. The molecular weight excluding hydrogens is 378 g/mol. The Kier molecular flexibility index (Phi) is 4.26. The highest BCUT2D eigenvalue weighted by Crippen LogP contribution is 2.60. The average Bonchev–Trinajstić information content (AvgIpc) is 3.15. The summed E-state index contributed by atoms with van der Waals surface area (Å²) in [6, 6.07) is 5.79. The third-order valence-corrected chi connectivity index (χ3v) is 7.42. The van der Waals surface area contributed by atoms with Crippen molar-refractivity contribution in [3.63, 3.8) is 0 Å². The van der Waals surface area contributed by atoms with E-state index in [1.165, 1.54) is 49.2 Å². The second kappa shape index (κ2) is 6.69. The molecule has 4 aliphatic rings. The van der Waals surface area contributed by atoms with Crippen molar-refractivity contribution in [2.45, 2.75) is 49.2 Å². The minimum absolute atomic E-state index is 0.0462. The number of hydrogen-bond donors (Lipinski definition) is 0. The van der Waals surface area contributed by atoms with Gasteiger partial charge in [-0.1, -0.05) is 23.9 Å². The molecule has 1 heterocycles. The van der Waals surface area contributed by atoms with Gasteiger partial charge in [0.05, 0.1) is 10.7 Å². The maximum Gasteiger partial charge on any atom is 0.277 e. The van der Waals surface area contributed by atoms with E-state index in [4.69, 9.17) is 4.42 Å². The molecule has 0 aliphatic heterocycles. The van der Waals surface area contributed by atoms with Gasteiger partial charge in [0, 0.05) is 23.1 Å². The number of aromatic nitrogens is 2. The van der Waals surface area contributed by atoms with E-state index in [9.17, 15) is 14.9 Å². The lowest BCUT2D eigenvalue weighted by Crippen LogP contribution is -2.48. The van der Waals surface area contributed by atoms with Crippen molar-refractivity contribution in [3.8, 4) is 0 Å². The fourth-order valence-corrected chi connectivity index (χ4v) is 6.52. The van der Waals surface area contributed by atoms with Gasteiger partial charge in [0.2, 0.25) is 5.89 Å². The zero-order chi connectivity index (χ0) is 19.3. The number of rotatable bonds is 6. The van der Waals surface area contributed by atoms with Gasteiger partial charge in [0.1, 0.15) is 0 Å². The molecule has 4 saturated carbocycles. The van der Waals surface area contributed by atoms with Crippen molar-refractivity contribution in [3.05, 3.63) is 45.8 Å². The zero-order valence-electron chi connectivity index (χ0n) is 15.4. The van der Waals surface area contributed by atoms with Crippen LogP contribution < -0.4 is 0 Å². The SMILES string of the molecule is O=C(CSc1nnc(C23CC4CC(CC(C4)C2)C3)o1)c1cccc([N+](=O)[O-])c1. The van der Waals surface area contributed by atoms with E-state index in [1.807, 2.05) is 0 Å². The third-order valence-electron chi connectivity index (χ3n) is 6.60. The van der Waals surface area contributed by atoms with Crippen LogP contribution in [0.3, 0.4) is 0 Å². The van der Waals surface area contributed by atoms with Gasteiger partial charge in [0.15, 0.2) is 5.78 Å². The summed E-state index contributed by atoms with van der Waals surface area (Å²) in [5.74, 6) is 3.06. The van der Waals surface area contributed by atoms with Crippen molar-refractivity contribution in [2.75, 3.05) is 5.75 Å². The quantitative estimate of drug-likeness (QED) is 0.307. The molecule has 0 N–H and O–H groups in total. The minimum atomic E-state index is -0.500. The Morgan fingerprint density at radius 2 is 1.86 bits per heavy atom. The fraction of sp³-hybridized carbons (Fsp3) is 0.550. The molecule has 1 aromatic carbocycles. The predicted molar refractivity (Wildman–Crippen MR) is 102 cm³/mol. The third kappa shape index (κ3) is 3.13. The molecule has 0 radical (unpaired) electrons.